The molecular formula is C15H15Cl2N5S. The lowest BCUT2D eigenvalue weighted by Gasteiger charge is -2.31. The number of hydrogen-bond acceptors (Lipinski definition) is 5. The number of aliphatic imine (C=N–C) groups is 1. The second-order valence-electron chi connectivity index (χ2n) is 4.87. The van der Waals surface area contributed by atoms with Crippen molar-refractivity contribution in [3.05, 3.63) is 52.8 Å². The molecule has 2 heterocycles. The molecule has 1 aromatic carbocycles. The van der Waals surface area contributed by atoms with E-state index in [1.807, 2.05) is 60.9 Å². The molecule has 8 heteroatoms. The summed E-state index contributed by atoms with van der Waals surface area (Å²) in [7, 11) is 1.87. The number of thioether (sulfide) groups is 1. The third-order valence-electron chi connectivity index (χ3n) is 3.26. The third kappa shape index (κ3) is 3.49. The fourth-order valence-corrected chi connectivity index (χ4v) is 3.44. The van der Waals surface area contributed by atoms with Gasteiger partial charge in [0.1, 0.15) is 5.84 Å². The van der Waals surface area contributed by atoms with Gasteiger partial charge in [0.15, 0.2) is 11.3 Å². The molecule has 1 aromatic heterocycles. The Morgan fingerprint density at radius 3 is 2.57 bits per heavy atom. The minimum absolute atomic E-state index is 0.163. The minimum Gasteiger partial charge on any atom is -0.324 e. The number of nitrogens with zero attached hydrogens (tertiary/aromatic N) is 4. The molecule has 120 valence electrons. The number of aromatic nitrogens is 2. The molecule has 1 unspecified atom stereocenters. The number of hydrogen-bond donors (Lipinski definition) is 1. The standard InChI is InChI=1S/C15H15Cl2N5S/c1-21-8-6-13(20-21)18-12-7-9-22(15(19-12)23-2)14-10(16)4-3-5-11(14)17/h3-9,15H,1-2H3,(H,18,19,20). The lowest BCUT2D eigenvalue weighted by molar-refractivity contribution is 0.771. The van der Waals surface area contributed by atoms with Crippen LogP contribution in [0, 0.1) is 0 Å². The maximum absolute atomic E-state index is 6.31. The fraction of sp³-hybridized carbons (Fsp3) is 0.200. The molecule has 5 nitrogen and oxygen atoms in total. The number of halogens is 2. The van der Waals surface area contributed by atoms with Crippen molar-refractivity contribution in [1.29, 1.82) is 0 Å². The summed E-state index contributed by atoms with van der Waals surface area (Å²) in [5.41, 5.74) is 0.593. The van der Waals surface area contributed by atoms with Crippen LogP contribution in [0.15, 0.2) is 47.7 Å². The van der Waals surface area contributed by atoms with Gasteiger partial charge >= 0.3 is 0 Å². The van der Waals surface area contributed by atoms with E-state index < -0.39 is 0 Å². The van der Waals surface area contributed by atoms with Crippen LogP contribution in [-0.4, -0.2) is 27.4 Å². The van der Waals surface area contributed by atoms with Crippen molar-refractivity contribution in [2.75, 3.05) is 16.5 Å². The Morgan fingerprint density at radius 2 is 1.96 bits per heavy atom. The number of nitrogens with one attached hydrogen (secondary N) is 1. The normalized spacial score (nSPS) is 17.3. The van der Waals surface area contributed by atoms with Gasteiger partial charge in [0.2, 0.25) is 0 Å². The first kappa shape index (κ1) is 16.2. The SMILES string of the molecule is CSC1N=C(Nc2ccn(C)n2)C=CN1c1c(Cl)cccc1Cl. The van der Waals surface area contributed by atoms with Crippen molar-refractivity contribution in [2.45, 2.75) is 5.50 Å². The molecule has 1 aliphatic heterocycles. The molecule has 2 aromatic rings. The highest BCUT2D eigenvalue weighted by Crippen LogP contribution is 2.37. The van der Waals surface area contributed by atoms with Crippen LogP contribution >= 0.6 is 35.0 Å². The van der Waals surface area contributed by atoms with Crippen molar-refractivity contribution in [2.24, 2.45) is 12.0 Å². The van der Waals surface area contributed by atoms with Gasteiger partial charge in [0.25, 0.3) is 0 Å². The summed E-state index contributed by atoms with van der Waals surface area (Å²) in [6.07, 6.45) is 7.66. The van der Waals surface area contributed by atoms with Gasteiger partial charge in [0, 0.05) is 25.5 Å². The van der Waals surface area contributed by atoms with Gasteiger partial charge in [-0.05, 0) is 24.5 Å². The number of anilines is 2. The third-order valence-corrected chi connectivity index (χ3v) is 4.62. The second kappa shape index (κ2) is 6.86. The first-order chi connectivity index (χ1) is 11.1. The van der Waals surface area contributed by atoms with Gasteiger partial charge in [-0.2, -0.15) is 5.10 Å². The topological polar surface area (TPSA) is 45.5 Å². The van der Waals surface area contributed by atoms with Crippen LogP contribution in [0.2, 0.25) is 10.0 Å². The summed E-state index contributed by atoms with van der Waals surface area (Å²) in [4.78, 5) is 6.64. The number of benzene rings is 1. The molecule has 0 radical (unpaired) electrons. The maximum Gasteiger partial charge on any atom is 0.174 e. The second-order valence-corrected chi connectivity index (χ2v) is 6.58. The predicted molar refractivity (Wildman–Crippen MR) is 99.6 cm³/mol. The molecule has 0 saturated carbocycles. The Hall–Kier alpha value is -1.63. The number of amidine groups is 1. The van der Waals surface area contributed by atoms with E-state index in [1.165, 1.54) is 0 Å². The molecule has 23 heavy (non-hydrogen) atoms. The van der Waals surface area contributed by atoms with E-state index in [0.29, 0.717) is 10.0 Å². The molecule has 0 bridgehead atoms. The molecule has 0 amide bonds. The summed E-state index contributed by atoms with van der Waals surface area (Å²) < 4.78 is 1.73. The molecule has 1 atom stereocenters. The largest absolute Gasteiger partial charge is 0.324 e. The highest BCUT2D eigenvalue weighted by molar-refractivity contribution is 7.99. The molecular weight excluding hydrogens is 353 g/mol. The van der Waals surface area contributed by atoms with Crippen LogP contribution in [0.3, 0.4) is 0 Å². The summed E-state index contributed by atoms with van der Waals surface area (Å²) in [5.74, 6) is 1.49. The van der Waals surface area contributed by atoms with Crippen LogP contribution in [0.5, 0.6) is 0 Å². The minimum atomic E-state index is -0.163. The Bertz CT molecular complexity index is 751. The van der Waals surface area contributed by atoms with Crippen LogP contribution in [0.25, 0.3) is 0 Å². The van der Waals surface area contributed by atoms with Gasteiger partial charge in [0.05, 0.1) is 15.7 Å². The maximum atomic E-state index is 6.31. The summed E-state index contributed by atoms with van der Waals surface area (Å²) in [6.45, 7) is 0. The average molecular weight is 368 g/mol. The summed E-state index contributed by atoms with van der Waals surface area (Å²) in [5, 5.41) is 8.67. The average Bonchev–Trinajstić information content (AvgIpc) is 2.93. The zero-order chi connectivity index (χ0) is 16.4. The van der Waals surface area contributed by atoms with Crippen molar-refractivity contribution in [3.63, 3.8) is 0 Å². The summed E-state index contributed by atoms with van der Waals surface area (Å²) in [6, 6.07) is 7.35. The van der Waals surface area contributed by atoms with Gasteiger partial charge in [-0.15, -0.1) is 11.8 Å². The Labute approximate surface area is 149 Å². The van der Waals surface area contributed by atoms with Gasteiger partial charge < -0.3 is 10.2 Å². The van der Waals surface area contributed by atoms with Gasteiger partial charge in [-0.1, -0.05) is 29.3 Å². The van der Waals surface area contributed by atoms with Crippen molar-refractivity contribution in [1.82, 2.24) is 9.78 Å². The molecule has 1 N–H and O–H groups in total. The zero-order valence-corrected chi connectivity index (χ0v) is 14.9. The Kier molecular flexibility index (Phi) is 4.84. The quantitative estimate of drug-likeness (QED) is 0.881. The predicted octanol–water partition coefficient (Wildman–Crippen LogP) is 4.22. The van der Waals surface area contributed by atoms with Crippen molar-refractivity contribution >= 4 is 52.3 Å². The van der Waals surface area contributed by atoms with E-state index in [-0.39, 0.29) is 5.50 Å². The highest BCUT2D eigenvalue weighted by Gasteiger charge is 2.23. The van der Waals surface area contributed by atoms with Crippen LogP contribution < -0.4 is 10.2 Å². The summed E-state index contributed by atoms with van der Waals surface area (Å²) >= 11 is 14.2. The van der Waals surface area contributed by atoms with E-state index in [0.717, 1.165) is 17.3 Å². The Balaban J connectivity index is 1.86. The van der Waals surface area contributed by atoms with Crippen molar-refractivity contribution in [3.8, 4) is 0 Å². The van der Waals surface area contributed by atoms with Crippen LogP contribution in [0.4, 0.5) is 11.5 Å². The lowest BCUT2D eigenvalue weighted by atomic mass is 10.3. The zero-order valence-electron chi connectivity index (χ0n) is 12.6. The number of rotatable bonds is 3. The molecule has 0 saturated heterocycles. The monoisotopic (exact) mass is 367 g/mol. The molecule has 0 spiro atoms. The van der Waals surface area contributed by atoms with Crippen molar-refractivity contribution < 1.29 is 0 Å². The fourth-order valence-electron chi connectivity index (χ4n) is 2.22. The lowest BCUT2D eigenvalue weighted by Crippen LogP contribution is -2.32. The molecule has 0 fully saturated rings. The van der Waals surface area contributed by atoms with E-state index >= 15 is 0 Å². The molecule has 0 aliphatic carbocycles. The van der Waals surface area contributed by atoms with Gasteiger partial charge in [-0.25, -0.2) is 4.99 Å². The molecule has 1 aliphatic rings. The van der Waals surface area contributed by atoms with Gasteiger partial charge in [-0.3, -0.25) is 4.68 Å². The number of aryl methyl sites for hydroxylation is 1. The van der Waals surface area contributed by atoms with E-state index in [1.54, 1.807) is 16.4 Å². The highest BCUT2D eigenvalue weighted by atomic mass is 35.5. The van der Waals surface area contributed by atoms with E-state index in [2.05, 4.69) is 15.4 Å². The first-order valence-electron chi connectivity index (χ1n) is 6.86. The first-order valence-corrected chi connectivity index (χ1v) is 8.90. The van der Waals surface area contributed by atoms with E-state index in [9.17, 15) is 0 Å². The number of para-hydroxylation sites is 1. The molecule has 3 rings (SSSR count). The van der Waals surface area contributed by atoms with Crippen LogP contribution in [-0.2, 0) is 7.05 Å². The smallest absolute Gasteiger partial charge is 0.174 e. The van der Waals surface area contributed by atoms with Crippen LogP contribution in [0.1, 0.15) is 0 Å². The Morgan fingerprint density at radius 1 is 1.22 bits per heavy atom. The van der Waals surface area contributed by atoms with E-state index in [4.69, 9.17) is 23.2 Å².